The molecule has 0 amide bonds. The van der Waals surface area contributed by atoms with Crippen LogP contribution in [0, 0.1) is 12.3 Å². The van der Waals surface area contributed by atoms with Gasteiger partial charge in [-0.2, -0.15) is 0 Å². The minimum Gasteiger partial charge on any atom is -0.467 e. The van der Waals surface area contributed by atoms with E-state index in [1.54, 1.807) is 6.07 Å². The van der Waals surface area contributed by atoms with Crippen molar-refractivity contribution in [2.24, 2.45) is 0 Å². The number of methoxy groups -OCH3 is 1. The van der Waals surface area contributed by atoms with Gasteiger partial charge in [-0.05, 0) is 12.5 Å². The van der Waals surface area contributed by atoms with Crippen LogP contribution in [0.2, 0.25) is 0 Å². The van der Waals surface area contributed by atoms with Gasteiger partial charge in [0, 0.05) is 12.5 Å². The Balaban J connectivity index is 2.49. The number of esters is 1. The number of terminal acetylenes is 1. The van der Waals surface area contributed by atoms with Crippen molar-refractivity contribution in [3.8, 4) is 12.3 Å². The third-order valence-corrected chi connectivity index (χ3v) is 2.50. The van der Waals surface area contributed by atoms with E-state index in [0.29, 0.717) is 24.3 Å². The number of hydrogen-bond acceptors (Lipinski definition) is 4. The summed E-state index contributed by atoms with van der Waals surface area (Å²) in [6, 6.07) is 1.94. The van der Waals surface area contributed by atoms with E-state index in [4.69, 9.17) is 10.8 Å². The van der Waals surface area contributed by atoms with Crippen LogP contribution in [0.1, 0.15) is 35.9 Å². The summed E-state index contributed by atoms with van der Waals surface area (Å²) in [4.78, 5) is 11.2. The Bertz CT molecular complexity index is 403. The third-order valence-electron chi connectivity index (χ3n) is 2.50. The molecule has 0 spiro atoms. The van der Waals surface area contributed by atoms with Gasteiger partial charge in [-0.3, -0.25) is 0 Å². The summed E-state index contributed by atoms with van der Waals surface area (Å²) in [6.07, 6.45) is 8.29. The molecule has 0 bridgehead atoms. The van der Waals surface area contributed by atoms with Crippen molar-refractivity contribution >= 4 is 5.97 Å². The maximum absolute atomic E-state index is 11.2. The van der Waals surface area contributed by atoms with E-state index in [2.05, 4.69) is 22.9 Å². The predicted octanol–water partition coefficient (Wildman–Crippen LogP) is 1.96. The summed E-state index contributed by atoms with van der Waals surface area (Å²) in [6.45, 7) is 2.62. The average Bonchev–Trinajstić information content (AvgIpc) is 2.82. The Kier molecular flexibility index (Phi) is 5.31. The molecule has 1 unspecified atom stereocenters. The van der Waals surface area contributed by atoms with Crippen LogP contribution < -0.4 is 5.32 Å². The van der Waals surface area contributed by atoms with Crippen LogP contribution in [-0.2, 0) is 11.3 Å². The van der Waals surface area contributed by atoms with Crippen molar-refractivity contribution in [2.75, 3.05) is 7.11 Å². The lowest BCUT2D eigenvalue weighted by Crippen LogP contribution is -2.27. The number of ether oxygens (including phenoxy) is 1. The minimum atomic E-state index is -0.393. The number of nitrogens with one attached hydrogen (secondary N) is 1. The molecule has 1 heterocycles. The van der Waals surface area contributed by atoms with Crippen LogP contribution in [0.25, 0.3) is 0 Å². The normalized spacial score (nSPS) is 11.8. The van der Waals surface area contributed by atoms with E-state index in [0.717, 1.165) is 6.42 Å². The first-order chi connectivity index (χ1) is 8.21. The third kappa shape index (κ3) is 3.97. The fourth-order valence-electron chi connectivity index (χ4n) is 1.45. The van der Waals surface area contributed by atoms with E-state index in [1.165, 1.54) is 13.4 Å². The van der Waals surface area contributed by atoms with Crippen molar-refractivity contribution in [1.29, 1.82) is 0 Å². The molecule has 0 aliphatic heterocycles. The van der Waals surface area contributed by atoms with Crippen LogP contribution in [0.3, 0.4) is 0 Å². The second kappa shape index (κ2) is 6.77. The standard InChI is InChI=1S/C13H17NO3/c1-4-6-11(5-2)14-8-12-7-10(9-17-12)13(15)16-3/h1,7,9,11,14H,5-6,8H2,2-3H3. The van der Waals surface area contributed by atoms with E-state index < -0.39 is 5.97 Å². The quantitative estimate of drug-likeness (QED) is 0.605. The van der Waals surface area contributed by atoms with E-state index in [1.807, 2.05) is 0 Å². The lowest BCUT2D eigenvalue weighted by atomic mass is 10.1. The molecule has 0 aromatic carbocycles. The van der Waals surface area contributed by atoms with Crippen LogP contribution in [0.4, 0.5) is 0 Å². The first-order valence-corrected chi connectivity index (χ1v) is 5.53. The van der Waals surface area contributed by atoms with Crippen LogP contribution in [-0.4, -0.2) is 19.1 Å². The molecule has 1 atom stereocenters. The molecular weight excluding hydrogens is 218 g/mol. The Hall–Kier alpha value is -1.73. The fraction of sp³-hybridized carbons (Fsp3) is 0.462. The molecular formula is C13H17NO3. The van der Waals surface area contributed by atoms with Crippen molar-refractivity contribution in [2.45, 2.75) is 32.4 Å². The molecule has 17 heavy (non-hydrogen) atoms. The molecule has 1 rings (SSSR count). The van der Waals surface area contributed by atoms with Gasteiger partial charge in [0.05, 0.1) is 19.2 Å². The Morgan fingerprint density at radius 3 is 3.06 bits per heavy atom. The molecule has 0 saturated carbocycles. The number of hydrogen-bond donors (Lipinski definition) is 1. The van der Waals surface area contributed by atoms with Crippen LogP contribution in [0.5, 0.6) is 0 Å². The first-order valence-electron chi connectivity index (χ1n) is 5.53. The van der Waals surface area contributed by atoms with Gasteiger partial charge in [0.25, 0.3) is 0 Å². The highest BCUT2D eigenvalue weighted by atomic mass is 16.5. The Morgan fingerprint density at radius 2 is 2.47 bits per heavy atom. The van der Waals surface area contributed by atoms with Crippen molar-refractivity contribution in [3.05, 3.63) is 23.7 Å². The van der Waals surface area contributed by atoms with Crippen LogP contribution >= 0.6 is 0 Å². The largest absolute Gasteiger partial charge is 0.467 e. The maximum atomic E-state index is 11.2. The zero-order valence-corrected chi connectivity index (χ0v) is 10.2. The summed E-state index contributed by atoms with van der Waals surface area (Å²) in [5.74, 6) is 2.92. The lowest BCUT2D eigenvalue weighted by Gasteiger charge is -2.12. The first kappa shape index (κ1) is 13.3. The van der Waals surface area contributed by atoms with Gasteiger partial charge < -0.3 is 14.5 Å². The molecule has 0 aliphatic carbocycles. The highest BCUT2D eigenvalue weighted by Gasteiger charge is 2.11. The summed E-state index contributed by atoms with van der Waals surface area (Å²) in [5.41, 5.74) is 0.425. The molecule has 4 nitrogen and oxygen atoms in total. The van der Waals surface area contributed by atoms with Gasteiger partial charge in [-0.15, -0.1) is 12.3 Å². The van der Waals surface area contributed by atoms with E-state index in [9.17, 15) is 4.79 Å². The number of carbonyl (C=O) groups excluding carboxylic acids is 1. The monoisotopic (exact) mass is 235 g/mol. The summed E-state index contributed by atoms with van der Waals surface area (Å²) in [5, 5.41) is 3.27. The average molecular weight is 235 g/mol. The highest BCUT2D eigenvalue weighted by molar-refractivity contribution is 5.88. The van der Waals surface area contributed by atoms with Crippen molar-refractivity contribution in [3.63, 3.8) is 0 Å². The van der Waals surface area contributed by atoms with E-state index >= 15 is 0 Å². The van der Waals surface area contributed by atoms with Gasteiger partial charge in [-0.25, -0.2) is 4.79 Å². The maximum Gasteiger partial charge on any atom is 0.341 e. The smallest absolute Gasteiger partial charge is 0.341 e. The molecule has 0 fully saturated rings. The Labute approximate surface area is 101 Å². The number of furan rings is 1. The van der Waals surface area contributed by atoms with Crippen molar-refractivity contribution in [1.82, 2.24) is 5.32 Å². The highest BCUT2D eigenvalue weighted by Crippen LogP contribution is 2.09. The second-order valence-electron chi connectivity index (χ2n) is 3.69. The zero-order chi connectivity index (χ0) is 12.7. The van der Waals surface area contributed by atoms with Crippen LogP contribution in [0.15, 0.2) is 16.7 Å². The molecule has 1 aromatic rings. The summed E-state index contributed by atoms with van der Waals surface area (Å²) >= 11 is 0. The minimum absolute atomic E-state index is 0.270. The zero-order valence-electron chi connectivity index (χ0n) is 10.2. The number of carbonyl (C=O) groups is 1. The predicted molar refractivity (Wildman–Crippen MR) is 64.4 cm³/mol. The van der Waals surface area contributed by atoms with Crippen molar-refractivity contribution < 1.29 is 13.9 Å². The Morgan fingerprint density at radius 1 is 1.71 bits per heavy atom. The van der Waals surface area contributed by atoms with Gasteiger partial charge in [0.1, 0.15) is 12.0 Å². The fourth-order valence-corrected chi connectivity index (χ4v) is 1.45. The molecule has 0 aliphatic rings. The van der Waals surface area contributed by atoms with Gasteiger partial charge in [-0.1, -0.05) is 6.92 Å². The van der Waals surface area contributed by atoms with Gasteiger partial charge >= 0.3 is 5.97 Å². The summed E-state index contributed by atoms with van der Waals surface area (Å²) in [7, 11) is 1.34. The SMILES string of the molecule is C#CCC(CC)NCc1cc(C(=O)OC)co1. The topological polar surface area (TPSA) is 51.5 Å². The molecule has 4 heteroatoms. The second-order valence-corrected chi connectivity index (χ2v) is 3.69. The molecule has 1 N–H and O–H groups in total. The van der Waals surface area contributed by atoms with E-state index in [-0.39, 0.29) is 6.04 Å². The molecule has 92 valence electrons. The molecule has 0 radical (unpaired) electrons. The lowest BCUT2D eigenvalue weighted by molar-refractivity contribution is 0.0600. The molecule has 0 saturated heterocycles. The van der Waals surface area contributed by atoms with Gasteiger partial charge in [0.15, 0.2) is 0 Å². The molecule has 1 aromatic heterocycles. The summed E-state index contributed by atoms with van der Waals surface area (Å²) < 4.78 is 9.83. The van der Waals surface area contributed by atoms with Gasteiger partial charge in [0.2, 0.25) is 0 Å². The number of rotatable bonds is 6.